The van der Waals surface area contributed by atoms with Gasteiger partial charge in [-0.1, -0.05) is 17.7 Å². The summed E-state index contributed by atoms with van der Waals surface area (Å²) in [5, 5.41) is 3.20. The lowest BCUT2D eigenvalue weighted by Crippen LogP contribution is -2.31. The van der Waals surface area contributed by atoms with E-state index in [4.69, 9.17) is 18.9 Å². The van der Waals surface area contributed by atoms with Crippen LogP contribution in [0, 0.1) is 20.8 Å². The number of nitrogens with one attached hydrogen (secondary N) is 1. The summed E-state index contributed by atoms with van der Waals surface area (Å²) in [5.41, 5.74) is 3.96. The van der Waals surface area contributed by atoms with E-state index in [1.807, 2.05) is 71.3 Å². The zero-order valence-corrected chi connectivity index (χ0v) is 25.1. The summed E-state index contributed by atoms with van der Waals surface area (Å²) >= 11 is 0. The molecule has 4 rings (SSSR count). The third-order valence-electron chi connectivity index (χ3n) is 6.39. The lowest BCUT2D eigenvalue weighted by Gasteiger charge is -2.24. The zero-order valence-electron chi connectivity index (χ0n) is 25.1. The number of likely N-dealkylation sites (N-methyl/N-ethyl adjacent to an activating group) is 1. The van der Waals surface area contributed by atoms with Crippen LogP contribution in [0.2, 0.25) is 0 Å². The van der Waals surface area contributed by atoms with E-state index in [9.17, 15) is 4.79 Å². The van der Waals surface area contributed by atoms with E-state index in [1.54, 1.807) is 37.6 Å². The van der Waals surface area contributed by atoms with Crippen LogP contribution in [0.3, 0.4) is 0 Å². The Balaban J connectivity index is 1.66. The van der Waals surface area contributed by atoms with Gasteiger partial charge in [-0.3, -0.25) is 0 Å². The summed E-state index contributed by atoms with van der Waals surface area (Å²) in [6.07, 6.45) is 0.916. The molecule has 4 aromatic rings. The largest absolute Gasteiger partial charge is 0.497 e. The molecule has 1 amide bonds. The first-order valence-corrected chi connectivity index (χ1v) is 13.5. The van der Waals surface area contributed by atoms with Crippen molar-refractivity contribution in [3.63, 3.8) is 0 Å². The van der Waals surface area contributed by atoms with Crippen molar-refractivity contribution in [2.24, 2.45) is 0 Å². The number of methoxy groups -OCH3 is 2. The molecule has 0 aliphatic heterocycles. The smallest absolute Gasteiger partial charge is 0.425 e. The Morgan fingerprint density at radius 3 is 2.21 bits per heavy atom. The maximum atomic E-state index is 13.9. The van der Waals surface area contributed by atoms with Crippen LogP contribution in [0.15, 0.2) is 66.9 Å². The van der Waals surface area contributed by atoms with Gasteiger partial charge in [0.05, 0.1) is 19.9 Å². The first kappa shape index (κ1) is 30.1. The normalized spacial score (nSPS) is 10.8. The van der Waals surface area contributed by atoms with E-state index >= 15 is 0 Å². The number of aromatic nitrogens is 2. The van der Waals surface area contributed by atoms with Gasteiger partial charge in [-0.25, -0.2) is 14.7 Å². The third kappa shape index (κ3) is 7.46. The number of hydrogen-bond donors (Lipinski definition) is 1. The summed E-state index contributed by atoms with van der Waals surface area (Å²) < 4.78 is 22.7. The molecule has 1 heterocycles. The number of aryl methyl sites for hydroxylation is 3. The number of amides is 1. The van der Waals surface area contributed by atoms with Gasteiger partial charge < -0.3 is 29.2 Å². The second kappa shape index (κ2) is 13.7. The molecular weight excluding hydrogens is 534 g/mol. The second-order valence-electron chi connectivity index (χ2n) is 10.0. The topological polar surface area (TPSA) is 98.3 Å². The van der Waals surface area contributed by atoms with Crippen molar-refractivity contribution in [3.8, 4) is 23.0 Å². The summed E-state index contributed by atoms with van der Waals surface area (Å²) in [6, 6.07) is 18.2. The van der Waals surface area contributed by atoms with Crippen molar-refractivity contribution in [3.05, 3.63) is 83.6 Å². The monoisotopic (exact) mass is 571 g/mol. The number of carbonyl (C=O) groups is 1. The van der Waals surface area contributed by atoms with Crippen LogP contribution in [0.5, 0.6) is 23.0 Å². The maximum absolute atomic E-state index is 13.9. The van der Waals surface area contributed by atoms with Gasteiger partial charge in [0, 0.05) is 30.6 Å². The van der Waals surface area contributed by atoms with Gasteiger partial charge in [-0.05, 0) is 82.4 Å². The van der Waals surface area contributed by atoms with Crippen LogP contribution >= 0.6 is 0 Å². The quantitative estimate of drug-likeness (QED) is 0.218. The Bertz CT molecular complexity index is 1500. The molecule has 0 aliphatic rings. The van der Waals surface area contributed by atoms with Crippen molar-refractivity contribution in [1.29, 1.82) is 0 Å². The van der Waals surface area contributed by atoms with Gasteiger partial charge in [0.1, 0.15) is 35.4 Å². The zero-order chi connectivity index (χ0) is 30.2. The molecule has 0 atom stereocenters. The van der Waals surface area contributed by atoms with E-state index in [0.717, 1.165) is 34.7 Å². The van der Waals surface area contributed by atoms with Crippen LogP contribution < -0.4 is 29.2 Å². The molecule has 0 spiro atoms. The molecule has 0 unspecified atom stereocenters. The summed E-state index contributed by atoms with van der Waals surface area (Å²) in [4.78, 5) is 26.3. The predicted molar refractivity (Wildman–Crippen MR) is 164 cm³/mol. The molecule has 0 aliphatic carbocycles. The average Bonchev–Trinajstić information content (AvgIpc) is 2.96. The molecule has 10 nitrogen and oxygen atoms in total. The summed E-state index contributed by atoms with van der Waals surface area (Å²) in [7, 11) is 7.09. The molecule has 10 heteroatoms. The molecule has 0 saturated carbocycles. The Morgan fingerprint density at radius 1 is 0.881 bits per heavy atom. The fraction of sp³-hybridized carbons (Fsp3) is 0.281. The average molecular weight is 572 g/mol. The van der Waals surface area contributed by atoms with Crippen LogP contribution in [0.25, 0.3) is 0 Å². The minimum absolute atomic E-state index is 0.284. The molecule has 1 N–H and O–H groups in total. The Labute approximate surface area is 246 Å². The second-order valence-corrected chi connectivity index (χ2v) is 10.0. The molecule has 220 valence electrons. The van der Waals surface area contributed by atoms with Gasteiger partial charge in [-0.2, -0.15) is 4.98 Å². The SMILES string of the molecule is COc1ccc(N(C(=O)Oc2c(C)cc(C)cc2C)c2ccnc(Nc3ccc(OCCN(C)C)cc3)n2)c(OC)c1. The number of rotatable bonds is 11. The minimum atomic E-state index is -0.655. The van der Waals surface area contributed by atoms with Crippen LogP contribution in [0.1, 0.15) is 16.7 Å². The van der Waals surface area contributed by atoms with Crippen LogP contribution in [-0.4, -0.2) is 62.4 Å². The number of hydrogen-bond acceptors (Lipinski definition) is 9. The minimum Gasteiger partial charge on any atom is -0.497 e. The molecule has 0 saturated heterocycles. The van der Waals surface area contributed by atoms with Crippen LogP contribution in [-0.2, 0) is 0 Å². The van der Waals surface area contributed by atoms with Gasteiger partial charge in [0.25, 0.3) is 0 Å². The summed E-state index contributed by atoms with van der Waals surface area (Å²) in [5.74, 6) is 2.81. The highest BCUT2D eigenvalue weighted by Gasteiger charge is 2.27. The predicted octanol–water partition coefficient (Wildman–Crippen LogP) is 6.44. The van der Waals surface area contributed by atoms with Crippen molar-refractivity contribution in [2.45, 2.75) is 20.8 Å². The fourth-order valence-electron chi connectivity index (χ4n) is 4.39. The Morgan fingerprint density at radius 2 is 1.57 bits per heavy atom. The lowest BCUT2D eigenvalue weighted by molar-refractivity contribution is 0.209. The fourth-order valence-corrected chi connectivity index (χ4v) is 4.39. The van der Waals surface area contributed by atoms with Crippen molar-refractivity contribution in [2.75, 3.05) is 51.7 Å². The highest BCUT2D eigenvalue weighted by molar-refractivity contribution is 5.98. The first-order chi connectivity index (χ1) is 20.2. The maximum Gasteiger partial charge on any atom is 0.425 e. The molecule has 3 aromatic carbocycles. The molecular formula is C32H37N5O5. The highest BCUT2D eigenvalue weighted by Crippen LogP contribution is 2.37. The van der Waals surface area contributed by atoms with Gasteiger partial charge in [-0.15, -0.1) is 0 Å². The number of benzene rings is 3. The Kier molecular flexibility index (Phi) is 9.82. The van der Waals surface area contributed by atoms with E-state index < -0.39 is 6.09 Å². The van der Waals surface area contributed by atoms with Crippen molar-refractivity contribution < 1.29 is 23.7 Å². The van der Waals surface area contributed by atoms with E-state index in [1.165, 1.54) is 12.0 Å². The standard InChI is InChI=1S/C32H37N5O5/c1-21-18-22(2)30(23(3)19-21)42-32(38)37(27-13-12-26(39-6)20-28(27)40-7)29-14-15-33-31(35-29)34-24-8-10-25(11-9-24)41-17-16-36(4)5/h8-15,18-20H,16-17H2,1-7H3,(H,33,34,35). The molecule has 0 radical (unpaired) electrons. The lowest BCUT2D eigenvalue weighted by atomic mass is 10.1. The van der Waals surface area contributed by atoms with E-state index in [-0.39, 0.29) is 5.82 Å². The van der Waals surface area contributed by atoms with Gasteiger partial charge in [0.2, 0.25) is 5.95 Å². The van der Waals surface area contributed by atoms with Crippen molar-refractivity contribution in [1.82, 2.24) is 14.9 Å². The Hall–Kier alpha value is -4.83. The molecule has 42 heavy (non-hydrogen) atoms. The number of anilines is 4. The molecule has 1 aromatic heterocycles. The summed E-state index contributed by atoms with van der Waals surface area (Å²) in [6.45, 7) is 7.23. The number of nitrogens with zero attached hydrogens (tertiary/aromatic N) is 4. The van der Waals surface area contributed by atoms with E-state index in [2.05, 4.69) is 20.2 Å². The van der Waals surface area contributed by atoms with Gasteiger partial charge >= 0.3 is 6.09 Å². The number of ether oxygens (including phenoxy) is 4. The van der Waals surface area contributed by atoms with Gasteiger partial charge in [0.15, 0.2) is 0 Å². The highest BCUT2D eigenvalue weighted by atomic mass is 16.6. The third-order valence-corrected chi connectivity index (χ3v) is 6.39. The first-order valence-electron chi connectivity index (χ1n) is 13.5. The van der Waals surface area contributed by atoms with E-state index in [0.29, 0.717) is 35.5 Å². The van der Waals surface area contributed by atoms with Crippen molar-refractivity contribution >= 4 is 29.2 Å². The number of carbonyl (C=O) groups excluding carboxylic acids is 1. The molecule has 0 fully saturated rings. The molecule has 0 bridgehead atoms. The van der Waals surface area contributed by atoms with Crippen LogP contribution in [0.4, 0.5) is 27.9 Å².